The zero-order chi connectivity index (χ0) is 17.3. The number of halogens is 2. The fourth-order valence-electron chi connectivity index (χ4n) is 3.56. The van der Waals surface area contributed by atoms with Crippen molar-refractivity contribution in [1.29, 1.82) is 0 Å². The van der Waals surface area contributed by atoms with Gasteiger partial charge >= 0.3 is 6.61 Å². The van der Waals surface area contributed by atoms with Crippen LogP contribution < -0.4 is 4.74 Å². The number of hydrogen-bond donors (Lipinski definition) is 1. The SMILES string of the molecule is O=C1C2CCCCC2C(=O)N1CC(O)c1ccc(OC(F)F)cc1. The second kappa shape index (κ2) is 6.84. The number of likely N-dealkylation sites (tertiary alicyclic amines) is 1. The van der Waals surface area contributed by atoms with Gasteiger partial charge in [-0.05, 0) is 30.5 Å². The summed E-state index contributed by atoms with van der Waals surface area (Å²) in [5.74, 6) is -0.927. The third-order valence-corrected chi connectivity index (χ3v) is 4.78. The number of fused-ring (bicyclic) bond motifs is 1. The van der Waals surface area contributed by atoms with Gasteiger partial charge in [-0.25, -0.2) is 0 Å². The second-order valence-corrected chi connectivity index (χ2v) is 6.25. The number of imide groups is 1. The first-order chi connectivity index (χ1) is 11.5. The number of benzene rings is 1. The molecule has 1 saturated heterocycles. The summed E-state index contributed by atoms with van der Waals surface area (Å²) in [4.78, 5) is 25.9. The van der Waals surface area contributed by atoms with Crippen LogP contribution in [0.2, 0.25) is 0 Å². The number of aliphatic hydroxyl groups is 1. The van der Waals surface area contributed by atoms with Crippen LogP contribution >= 0.6 is 0 Å². The van der Waals surface area contributed by atoms with Crippen molar-refractivity contribution >= 4 is 11.8 Å². The van der Waals surface area contributed by atoms with E-state index in [0.717, 1.165) is 30.6 Å². The molecule has 0 radical (unpaired) electrons. The molecular formula is C17H19F2NO4. The van der Waals surface area contributed by atoms with E-state index in [2.05, 4.69) is 4.74 Å². The van der Waals surface area contributed by atoms with E-state index in [1.54, 1.807) is 0 Å². The van der Waals surface area contributed by atoms with Gasteiger partial charge in [-0.15, -0.1) is 0 Å². The summed E-state index contributed by atoms with van der Waals surface area (Å²) in [7, 11) is 0. The molecule has 1 heterocycles. The van der Waals surface area contributed by atoms with Crippen molar-refractivity contribution in [3.63, 3.8) is 0 Å². The highest BCUT2D eigenvalue weighted by Crippen LogP contribution is 2.38. The molecule has 3 rings (SSSR count). The lowest BCUT2D eigenvalue weighted by Gasteiger charge is -2.19. The molecule has 1 aromatic rings. The van der Waals surface area contributed by atoms with Gasteiger partial charge in [-0.3, -0.25) is 14.5 Å². The van der Waals surface area contributed by atoms with E-state index < -0.39 is 12.7 Å². The lowest BCUT2D eigenvalue weighted by Crippen LogP contribution is -2.35. The van der Waals surface area contributed by atoms with Crippen LogP contribution in [0.1, 0.15) is 37.4 Å². The Kier molecular flexibility index (Phi) is 4.80. The number of alkyl halides is 2. The topological polar surface area (TPSA) is 66.8 Å². The third-order valence-electron chi connectivity index (χ3n) is 4.78. The number of hydrogen-bond acceptors (Lipinski definition) is 4. The van der Waals surface area contributed by atoms with Crippen LogP contribution in [-0.2, 0) is 9.59 Å². The van der Waals surface area contributed by atoms with Gasteiger partial charge in [0, 0.05) is 0 Å². The van der Waals surface area contributed by atoms with E-state index >= 15 is 0 Å². The molecule has 2 amide bonds. The van der Waals surface area contributed by atoms with E-state index in [9.17, 15) is 23.5 Å². The van der Waals surface area contributed by atoms with E-state index in [4.69, 9.17) is 0 Å². The quantitative estimate of drug-likeness (QED) is 0.837. The Morgan fingerprint density at radius 3 is 2.12 bits per heavy atom. The molecule has 1 N–H and O–H groups in total. The van der Waals surface area contributed by atoms with E-state index in [1.165, 1.54) is 24.3 Å². The van der Waals surface area contributed by atoms with Crippen molar-refractivity contribution in [3.8, 4) is 5.75 Å². The number of β-amino-alcohol motifs (C(OH)–C–C–N with tert-alkyl or cyclic N) is 1. The number of ether oxygens (including phenoxy) is 1. The van der Waals surface area contributed by atoms with Crippen molar-refractivity contribution in [2.24, 2.45) is 11.8 Å². The molecule has 0 aromatic heterocycles. The fourth-order valence-corrected chi connectivity index (χ4v) is 3.56. The van der Waals surface area contributed by atoms with Crippen LogP contribution in [-0.4, -0.2) is 35.0 Å². The van der Waals surface area contributed by atoms with Crippen molar-refractivity contribution in [1.82, 2.24) is 4.90 Å². The predicted octanol–water partition coefficient (Wildman–Crippen LogP) is 2.50. The first-order valence-corrected chi connectivity index (χ1v) is 8.05. The summed E-state index contributed by atoms with van der Waals surface area (Å²) in [5.41, 5.74) is 0.437. The summed E-state index contributed by atoms with van der Waals surface area (Å²) in [6.07, 6.45) is 2.28. The highest BCUT2D eigenvalue weighted by molar-refractivity contribution is 6.05. The maximum atomic E-state index is 12.4. The predicted molar refractivity (Wildman–Crippen MR) is 80.2 cm³/mol. The Morgan fingerprint density at radius 2 is 1.62 bits per heavy atom. The van der Waals surface area contributed by atoms with E-state index in [0.29, 0.717) is 5.56 Å². The van der Waals surface area contributed by atoms with Crippen LogP contribution in [0.15, 0.2) is 24.3 Å². The van der Waals surface area contributed by atoms with Crippen LogP contribution in [0.5, 0.6) is 5.75 Å². The molecule has 3 atom stereocenters. The minimum atomic E-state index is -2.91. The number of aliphatic hydroxyl groups excluding tert-OH is 1. The average molecular weight is 339 g/mol. The molecule has 24 heavy (non-hydrogen) atoms. The molecule has 0 bridgehead atoms. The number of carbonyl (C=O) groups excluding carboxylic acids is 2. The molecule has 7 heteroatoms. The van der Waals surface area contributed by atoms with Crippen molar-refractivity contribution in [3.05, 3.63) is 29.8 Å². The highest BCUT2D eigenvalue weighted by Gasteiger charge is 2.48. The Labute approximate surface area is 138 Å². The maximum Gasteiger partial charge on any atom is 0.387 e. The second-order valence-electron chi connectivity index (χ2n) is 6.25. The van der Waals surface area contributed by atoms with Crippen LogP contribution in [0.3, 0.4) is 0 Å². The molecule has 2 fully saturated rings. The smallest absolute Gasteiger partial charge is 0.387 e. The van der Waals surface area contributed by atoms with Crippen molar-refractivity contribution < 1.29 is 28.2 Å². The first kappa shape index (κ1) is 16.8. The number of carbonyl (C=O) groups is 2. The van der Waals surface area contributed by atoms with Gasteiger partial charge in [0.2, 0.25) is 11.8 Å². The largest absolute Gasteiger partial charge is 0.435 e. The van der Waals surface area contributed by atoms with Gasteiger partial charge in [-0.2, -0.15) is 8.78 Å². The molecular weight excluding hydrogens is 320 g/mol. The highest BCUT2D eigenvalue weighted by atomic mass is 19.3. The number of nitrogens with zero attached hydrogens (tertiary/aromatic N) is 1. The van der Waals surface area contributed by atoms with Crippen molar-refractivity contribution in [2.75, 3.05) is 6.54 Å². The van der Waals surface area contributed by atoms with Crippen LogP contribution in [0.25, 0.3) is 0 Å². The zero-order valence-corrected chi connectivity index (χ0v) is 13.0. The summed E-state index contributed by atoms with van der Waals surface area (Å²) >= 11 is 0. The standard InChI is InChI=1S/C17H19F2NO4/c18-17(19)24-11-7-5-10(6-8-11)14(21)9-20-15(22)12-3-1-2-4-13(12)16(20)23/h5-8,12-14,17,21H,1-4,9H2. The van der Waals surface area contributed by atoms with E-state index in [-0.39, 0.29) is 35.9 Å². The minimum Gasteiger partial charge on any atom is -0.435 e. The Morgan fingerprint density at radius 1 is 1.08 bits per heavy atom. The molecule has 3 unspecified atom stereocenters. The molecule has 1 saturated carbocycles. The molecule has 0 spiro atoms. The van der Waals surface area contributed by atoms with Gasteiger partial charge in [0.15, 0.2) is 0 Å². The van der Waals surface area contributed by atoms with Gasteiger partial charge < -0.3 is 9.84 Å². The number of rotatable bonds is 5. The Balaban J connectivity index is 1.67. The molecule has 5 nitrogen and oxygen atoms in total. The Hall–Kier alpha value is -2.02. The molecule has 1 aliphatic carbocycles. The fraction of sp³-hybridized carbons (Fsp3) is 0.529. The Bertz CT molecular complexity index is 596. The average Bonchev–Trinajstić information content (AvgIpc) is 2.80. The monoisotopic (exact) mass is 339 g/mol. The first-order valence-electron chi connectivity index (χ1n) is 8.05. The van der Waals surface area contributed by atoms with Crippen molar-refractivity contribution in [2.45, 2.75) is 38.4 Å². The summed E-state index contributed by atoms with van der Waals surface area (Å²) in [6.45, 7) is -3.02. The molecule has 1 aromatic carbocycles. The van der Waals surface area contributed by atoms with Crippen LogP contribution in [0.4, 0.5) is 8.78 Å². The number of amides is 2. The van der Waals surface area contributed by atoms with Gasteiger partial charge in [0.1, 0.15) is 5.75 Å². The summed E-state index contributed by atoms with van der Waals surface area (Å²) < 4.78 is 28.5. The lowest BCUT2D eigenvalue weighted by atomic mass is 9.81. The molecule has 1 aliphatic heterocycles. The minimum absolute atomic E-state index is 0.0136. The molecule has 2 aliphatic rings. The van der Waals surface area contributed by atoms with Gasteiger partial charge in [0.25, 0.3) is 0 Å². The van der Waals surface area contributed by atoms with E-state index in [1.807, 2.05) is 0 Å². The normalized spacial score (nSPS) is 25.1. The summed E-state index contributed by atoms with van der Waals surface area (Å²) in [5, 5.41) is 10.3. The van der Waals surface area contributed by atoms with Gasteiger partial charge in [0.05, 0.1) is 24.5 Å². The maximum absolute atomic E-state index is 12.4. The third kappa shape index (κ3) is 3.26. The van der Waals surface area contributed by atoms with Gasteiger partial charge in [-0.1, -0.05) is 25.0 Å². The molecule has 130 valence electrons. The zero-order valence-electron chi connectivity index (χ0n) is 13.0. The lowest BCUT2D eigenvalue weighted by molar-refractivity contribution is -0.141. The summed E-state index contributed by atoms with van der Waals surface area (Å²) in [6, 6.07) is 5.52. The van der Waals surface area contributed by atoms with Crippen LogP contribution in [0, 0.1) is 11.8 Å².